The molecule has 2 aromatic carbocycles. The number of H-pyrrole nitrogens is 1. The van der Waals surface area contributed by atoms with Crippen LogP contribution in [0.1, 0.15) is 39.3 Å². The van der Waals surface area contributed by atoms with Crippen molar-refractivity contribution < 1.29 is 9.59 Å². The van der Waals surface area contributed by atoms with Crippen LogP contribution in [0.25, 0.3) is 21.1 Å². The molecule has 28 heavy (non-hydrogen) atoms. The number of amides is 2. The first-order valence-corrected chi connectivity index (χ1v) is 10.4. The number of hydrogen-bond donors (Lipinski definition) is 3. The monoisotopic (exact) mass is 454 g/mol. The van der Waals surface area contributed by atoms with Crippen LogP contribution < -0.4 is 10.6 Å². The molecule has 0 saturated heterocycles. The van der Waals surface area contributed by atoms with Crippen molar-refractivity contribution in [3.05, 3.63) is 57.7 Å². The fourth-order valence-corrected chi connectivity index (χ4v) is 5.02. The lowest BCUT2D eigenvalue weighted by atomic mass is 9.93. The summed E-state index contributed by atoms with van der Waals surface area (Å²) in [6, 6.07) is 11.3. The predicted octanol–water partition coefficient (Wildman–Crippen LogP) is 4.64. The van der Waals surface area contributed by atoms with Gasteiger partial charge in [-0.1, -0.05) is 34.2 Å². The first-order chi connectivity index (χ1) is 13.5. The Bertz CT molecular complexity index is 1280. The van der Waals surface area contributed by atoms with Crippen LogP contribution in [0.15, 0.2) is 40.9 Å². The highest BCUT2D eigenvalue weighted by atomic mass is 79.9. The summed E-state index contributed by atoms with van der Waals surface area (Å²) >= 11 is 4.88. The SMILES string of the molecule is CC1CNC(=O)c2[nH]c3ccc(C(=O)Nc4nc5ccc(Br)cc5s4)cc3c21. The molecule has 0 radical (unpaired) electrons. The zero-order chi connectivity index (χ0) is 19.4. The zero-order valence-corrected chi connectivity index (χ0v) is 17.2. The number of aromatic nitrogens is 2. The quantitative estimate of drug-likeness (QED) is 0.412. The Morgan fingerprint density at radius 3 is 3.00 bits per heavy atom. The van der Waals surface area contributed by atoms with Gasteiger partial charge in [-0.3, -0.25) is 14.9 Å². The van der Waals surface area contributed by atoms with E-state index in [2.05, 4.69) is 43.5 Å². The van der Waals surface area contributed by atoms with Crippen molar-refractivity contribution in [2.24, 2.45) is 0 Å². The molecule has 0 aliphatic carbocycles. The van der Waals surface area contributed by atoms with Gasteiger partial charge < -0.3 is 10.3 Å². The second kappa shape index (κ2) is 6.42. The van der Waals surface area contributed by atoms with E-state index in [1.165, 1.54) is 11.3 Å². The largest absolute Gasteiger partial charge is 0.350 e. The summed E-state index contributed by atoms with van der Waals surface area (Å²) in [4.78, 5) is 32.6. The molecule has 0 bridgehead atoms. The molecule has 1 atom stereocenters. The smallest absolute Gasteiger partial charge is 0.268 e. The zero-order valence-electron chi connectivity index (χ0n) is 14.8. The Balaban J connectivity index is 1.50. The first kappa shape index (κ1) is 17.4. The summed E-state index contributed by atoms with van der Waals surface area (Å²) in [5.74, 6) is -0.138. The van der Waals surface area contributed by atoms with Gasteiger partial charge in [-0.05, 0) is 42.0 Å². The van der Waals surface area contributed by atoms with Crippen molar-refractivity contribution in [2.75, 3.05) is 11.9 Å². The lowest BCUT2D eigenvalue weighted by Crippen LogP contribution is -2.33. The number of anilines is 1. The lowest BCUT2D eigenvalue weighted by molar-refractivity contribution is 0.0936. The van der Waals surface area contributed by atoms with Crippen LogP contribution in [0.2, 0.25) is 0 Å². The van der Waals surface area contributed by atoms with E-state index in [1.54, 1.807) is 6.07 Å². The van der Waals surface area contributed by atoms with Crippen LogP contribution in [0, 0.1) is 0 Å². The van der Waals surface area contributed by atoms with E-state index in [1.807, 2.05) is 30.3 Å². The maximum Gasteiger partial charge on any atom is 0.268 e. The maximum atomic E-state index is 12.8. The average Bonchev–Trinajstić information content (AvgIpc) is 3.25. The average molecular weight is 455 g/mol. The lowest BCUT2D eigenvalue weighted by Gasteiger charge is -2.19. The summed E-state index contributed by atoms with van der Waals surface area (Å²) in [5, 5.41) is 7.24. The molecule has 0 saturated carbocycles. The minimum absolute atomic E-state index is 0.101. The van der Waals surface area contributed by atoms with E-state index in [0.717, 1.165) is 31.2 Å². The second-order valence-corrected chi connectivity index (χ2v) is 8.82. The summed E-state index contributed by atoms with van der Waals surface area (Å²) in [6.07, 6.45) is 0. The number of rotatable bonds is 2. The van der Waals surface area contributed by atoms with Gasteiger partial charge in [-0.25, -0.2) is 4.98 Å². The number of thiazole rings is 1. The van der Waals surface area contributed by atoms with Gasteiger partial charge in [0.1, 0.15) is 5.69 Å². The molecule has 2 aromatic heterocycles. The molecule has 3 heterocycles. The van der Waals surface area contributed by atoms with E-state index in [-0.39, 0.29) is 17.7 Å². The Labute approximate surface area is 172 Å². The molecule has 3 N–H and O–H groups in total. The standard InChI is InChI=1S/C20H15BrN4O2S/c1-9-8-22-19(27)17-16(9)12-6-10(2-4-13(12)23-17)18(26)25-20-24-14-5-3-11(21)7-15(14)28-20/h2-7,9,23H,8H2,1H3,(H,22,27)(H,24,25,26). The molecule has 5 rings (SSSR count). The van der Waals surface area contributed by atoms with E-state index in [9.17, 15) is 9.59 Å². The van der Waals surface area contributed by atoms with Gasteiger partial charge in [0, 0.05) is 33.4 Å². The number of benzene rings is 2. The van der Waals surface area contributed by atoms with E-state index < -0.39 is 0 Å². The third-order valence-electron chi connectivity index (χ3n) is 4.96. The van der Waals surface area contributed by atoms with E-state index in [4.69, 9.17) is 0 Å². The molecular formula is C20H15BrN4O2S. The molecule has 4 aromatic rings. The highest BCUT2D eigenvalue weighted by molar-refractivity contribution is 9.10. The second-order valence-electron chi connectivity index (χ2n) is 6.87. The van der Waals surface area contributed by atoms with Crippen LogP contribution in [0.5, 0.6) is 0 Å². The fourth-order valence-electron chi connectivity index (χ4n) is 3.60. The molecule has 1 aliphatic heterocycles. The van der Waals surface area contributed by atoms with E-state index >= 15 is 0 Å². The number of carbonyl (C=O) groups excluding carboxylic acids is 2. The predicted molar refractivity (Wildman–Crippen MR) is 114 cm³/mol. The van der Waals surface area contributed by atoms with Gasteiger partial charge in [0.15, 0.2) is 5.13 Å². The number of carbonyl (C=O) groups is 2. The van der Waals surface area contributed by atoms with Gasteiger partial charge in [0.05, 0.1) is 10.2 Å². The molecule has 2 amide bonds. The Morgan fingerprint density at radius 1 is 1.29 bits per heavy atom. The number of fused-ring (bicyclic) bond motifs is 4. The van der Waals surface area contributed by atoms with Crippen LogP contribution >= 0.6 is 27.3 Å². The Kier molecular flexibility index (Phi) is 3.99. The number of nitrogens with zero attached hydrogens (tertiary/aromatic N) is 1. The minimum Gasteiger partial charge on any atom is -0.350 e. The van der Waals surface area contributed by atoms with Crippen LogP contribution in [0.3, 0.4) is 0 Å². The maximum absolute atomic E-state index is 12.8. The topological polar surface area (TPSA) is 86.9 Å². The molecule has 0 fully saturated rings. The molecule has 8 heteroatoms. The van der Waals surface area contributed by atoms with Crippen molar-refractivity contribution in [1.82, 2.24) is 15.3 Å². The third-order valence-corrected chi connectivity index (χ3v) is 6.39. The molecule has 140 valence electrons. The minimum atomic E-state index is -0.220. The Morgan fingerprint density at radius 2 is 2.14 bits per heavy atom. The van der Waals surface area contributed by atoms with Crippen molar-refractivity contribution in [2.45, 2.75) is 12.8 Å². The summed E-state index contributed by atoms with van der Waals surface area (Å²) in [7, 11) is 0. The Hall–Kier alpha value is -2.71. The molecule has 1 unspecified atom stereocenters. The summed E-state index contributed by atoms with van der Waals surface area (Å²) < 4.78 is 1.97. The van der Waals surface area contributed by atoms with Gasteiger partial charge in [0.2, 0.25) is 0 Å². The van der Waals surface area contributed by atoms with Gasteiger partial charge >= 0.3 is 0 Å². The van der Waals surface area contributed by atoms with Gasteiger partial charge in [-0.2, -0.15) is 0 Å². The normalized spacial score (nSPS) is 16.2. The van der Waals surface area contributed by atoms with Crippen LogP contribution in [-0.4, -0.2) is 28.3 Å². The van der Waals surface area contributed by atoms with Crippen LogP contribution in [0.4, 0.5) is 5.13 Å². The summed E-state index contributed by atoms with van der Waals surface area (Å²) in [6.45, 7) is 2.66. The highest BCUT2D eigenvalue weighted by Gasteiger charge is 2.27. The molecule has 1 aliphatic rings. The molecular weight excluding hydrogens is 440 g/mol. The van der Waals surface area contributed by atoms with Gasteiger partial charge in [-0.15, -0.1) is 0 Å². The van der Waals surface area contributed by atoms with Crippen molar-refractivity contribution in [1.29, 1.82) is 0 Å². The fraction of sp³-hybridized carbons (Fsp3) is 0.150. The van der Waals surface area contributed by atoms with E-state index in [0.29, 0.717) is 22.9 Å². The van der Waals surface area contributed by atoms with Crippen molar-refractivity contribution in [3.8, 4) is 0 Å². The van der Waals surface area contributed by atoms with Gasteiger partial charge in [0.25, 0.3) is 11.8 Å². The molecule has 0 spiro atoms. The first-order valence-electron chi connectivity index (χ1n) is 8.81. The molecule has 6 nitrogen and oxygen atoms in total. The third kappa shape index (κ3) is 2.80. The number of aromatic amines is 1. The van der Waals surface area contributed by atoms with Crippen LogP contribution in [-0.2, 0) is 0 Å². The highest BCUT2D eigenvalue weighted by Crippen LogP contribution is 2.33. The summed E-state index contributed by atoms with van der Waals surface area (Å²) in [5.41, 5.74) is 3.79. The number of nitrogens with one attached hydrogen (secondary N) is 3. The number of hydrogen-bond acceptors (Lipinski definition) is 4. The van der Waals surface area contributed by atoms with Crippen molar-refractivity contribution in [3.63, 3.8) is 0 Å². The number of halogens is 1. The van der Waals surface area contributed by atoms with Crippen molar-refractivity contribution >= 4 is 65.3 Å².